The Hall–Kier alpha value is -3.21. The molecule has 2 amide bonds. The van der Waals surface area contributed by atoms with Crippen LogP contribution in [-0.4, -0.2) is 17.5 Å². The van der Waals surface area contributed by atoms with Crippen molar-refractivity contribution in [3.8, 4) is 0 Å². The molecule has 2 aromatic carbocycles. The van der Waals surface area contributed by atoms with Crippen molar-refractivity contribution in [2.75, 3.05) is 5.32 Å². The summed E-state index contributed by atoms with van der Waals surface area (Å²) in [5.41, 5.74) is 5.52. The molecule has 0 unspecified atom stereocenters. The number of anilines is 1. The van der Waals surface area contributed by atoms with Crippen molar-refractivity contribution in [2.45, 2.75) is 39.0 Å². The summed E-state index contributed by atoms with van der Waals surface area (Å²) in [6.07, 6.45) is 9.17. The molecule has 1 aliphatic carbocycles. The van der Waals surface area contributed by atoms with Crippen molar-refractivity contribution in [3.63, 3.8) is 0 Å². The first-order valence-corrected chi connectivity index (χ1v) is 10.1. The van der Waals surface area contributed by atoms with Crippen LogP contribution >= 0.6 is 0 Å². The van der Waals surface area contributed by atoms with Crippen LogP contribution in [0.5, 0.6) is 0 Å². The lowest BCUT2D eigenvalue weighted by Gasteiger charge is -2.20. The minimum absolute atomic E-state index is 0.0762. The molecule has 1 fully saturated rings. The Balaban J connectivity index is 1.51. The Morgan fingerprint density at radius 2 is 1.66 bits per heavy atom. The maximum Gasteiger partial charge on any atom is 0.271 e. The van der Waals surface area contributed by atoms with Gasteiger partial charge in [0, 0.05) is 17.2 Å². The van der Waals surface area contributed by atoms with E-state index in [0.29, 0.717) is 17.0 Å². The summed E-state index contributed by atoms with van der Waals surface area (Å²) in [6, 6.07) is 16.8. The molecule has 29 heavy (non-hydrogen) atoms. The van der Waals surface area contributed by atoms with Crippen molar-refractivity contribution < 1.29 is 9.59 Å². The molecule has 1 saturated carbocycles. The predicted octanol–water partition coefficient (Wildman–Crippen LogP) is 5.02. The number of amides is 2. The molecular formula is C24H27N3O2. The maximum atomic E-state index is 12.3. The van der Waals surface area contributed by atoms with Crippen LogP contribution in [0.4, 0.5) is 5.69 Å². The van der Waals surface area contributed by atoms with Gasteiger partial charge in [-0.15, -0.1) is 0 Å². The van der Waals surface area contributed by atoms with Crippen LogP contribution < -0.4 is 10.7 Å². The van der Waals surface area contributed by atoms with Gasteiger partial charge in [0.1, 0.15) is 0 Å². The second-order valence-electron chi connectivity index (χ2n) is 7.34. The molecule has 0 bridgehead atoms. The van der Waals surface area contributed by atoms with Crippen LogP contribution in [0, 0.1) is 5.92 Å². The lowest BCUT2D eigenvalue weighted by atomic mass is 9.88. The molecule has 0 saturated heterocycles. The summed E-state index contributed by atoms with van der Waals surface area (Å²) in [7, 11) is 0. The molecule has 0 atom stereocenters. The average Bonchev–Trinajstić information content (AvgIpc) is 2.78. The third-order valence-electron chi connectivity index (χ3n) is 5.04. The maximum absolute atomic E-state index is 12.3. The predicted molar refractivity (Wildman–Crippen MR) is 118 cm³/mol. The summed E-state index contributed by atoms with van der Waals surface area (Å²) in [4.78, 5) is 24.6. The summed E-state index contributed by atoms with van der Waals surface area (Å²) in [6.45, 7) is 1.82. The van der Waals surface area contributed by atoms with Gasteiger partial charge in [0.05, 0.1) is 5.71 Å². The number of allylic oxidation sites excluding steroid dienone is 1. The Labute approximate surface area is 171 Å². The van der Waals surface area contributed by atoms with E-state index in [1.54, 1.807) is 24.3 Å². The van der Waals surface area contributed by atoms with E-state index in [4.69, 9.17) is 0 Å². The standard InChI is InChI=1S/C24H27N3O2/c1-18(12-13-19-8-4-2-5-9-19)26-27-24(29)21-14-16-22(17-15-21)25-23(28)20-10-6-3-7-11-20/h2,4-5,8-9,12-17,20H,3,6-7,10-11H2,1H3,(H,25,28)(H,27,29)/b13-12+,26-18+. The Kier molecular flexibility index (Phi) is 7.34. The van der Waals surface area contributed by atoms with Gasteiger partial charge in [0.2, 0.25) is 5.91 Å². The SMILES string of the molecule is CC(/C=C/c1ccccc1)=N\NC(=O)c1ccc(NC(=O)C2CCCCC2)cc1. The van der Waals surface area contributed by atoms with Gasteiger partial charge < -0.3 is 5.32 Å². The monoisotopic (exact) mass is 389 g/mol. The first-order chi connectivity index (χ1) is 14.1. The highest BCUT2D eigenvalue weighted by molar-refractivity contribution is 5.99. The summed E-state index contributed by atoms with van der Waals surface area (Å²) < 4.78 is 0. The molecule has 2 N–H and O–H groups in total. The summed E-state index contributed by atoms with van der Waals surface area (Å²) >= 11 is 0. The van der Waals surface area contributed by atoms with E-state index in [-0.39, 0.29) is 17.7 Å². The zero-order valence-corrected chi connectivity index (χ0v) is 16.7. The van der Waals surface area contributed by atoms with Gasteiger partial charge in [-0.3, -0.25) is 9.59 Å². The van der Waals surface area contributed by atoms with Crippen molar-refractivity contribution in [3.05, 3.63) is 71.8 Å². The molecule has 0 aliphatic heterocycles. The van der Waals surface area contributed by atoms with Crippen molar-refractivity contribution in [1.29, 1.82) is 0 Å². The van der Waals surface area contributed by atoms with E-state index < -0.39 is 0 Å². The quantitative estimate of drug-likeness (QED) is 0.538. The lowest BCUT2D eigenvalue weighted by Crippen LogP contribution is -2.24. The number of nitrogens with zero attached hydrogens (tertiary/aromatic N) is 1. The first kappa shape index (κ1) is 20.5. The van der Waals surface area contributed by atoms with Gasteiger partial charge in [-0.25, -0.2) is 5.43 Å². The van der Waals surface area contributed by atoms with Crippen LogP contribution in [-0.2, 0) is 4.79 Å². The van der Waals surface area contributed by atoms with Crippen LogP contribution in [0.25, 0.3) is 6.08 Å². The normalized spacial score (nSPS) is 15.3. The van der Waals surface area contributed by atoms with Gasteiger partial charge in [-0.2, -0.15) is 5.10 Å². The van der Waals surface area contributed by atoms with Crippen molar-refractivity contribution in [2.24, 2.45) is 11.0 Å². The van der Waals surface area contributed by atoms with Crippen molar-refractivity contribution >= 4 is 29.3 Å². The van der Waals surface area contributed by atoms with Crippen LogP contribution in [0.3, 0.4) is 0 Å². The fourth-order valence-corrected chi connectivity index (χ4v) is 3.34. The molecule has 3 rings (SSSR count). The number of carbonyl (C=O) groups is 2. The topological polar surface area (TPSA) is 70.6 Å². The first-order valence-electron chi connectivity index (χ1n) is 10.1. The zero-order valence-electron chi connectivity index (χ0n) is 16.7. The smallest absolute Gasteiger partial charge is 0.271 e. The van der Waals surface area contributed by atoms with Crippen LogP contribution in [0.2, 0.25) is 0 Å². The molecule has 150 valence electrons. The van der Waals surface area contributed by atoms with E-state index in [1.165, 1.54) is 6.42 Å². The second-order valence-corrected chi connectivity index (χ2v) is 7.34. The number of hydrogen-bond donors (Lipinski definition) is 2. The Morgan fingerprint density at radius 3 is 2.34 bits per heavy atom. The molecule has 2 aromatic rings. The van der Waals surface area contributed by atoms with Gasteiger partial charge >= 0.3 is 0 Å². The number of hydrogen-bond acceptors (Lipinski definition) is 3. The van der Waals surface area contributed by atoms with Gasteiger partial charge in [0.15, 0.2) is 0 Å². The Bertz CT molecular complexity index is 880. The average molecular weight is 389 g/mol. The van der Waals surface area contributed by atoms with E-state index in [2.05, 4.69) is 15.8 Å². The number of hydrazone groups is 1. The number of nitrogens with one attached hydrogen (secondary N) is 2. The van der Waals surface area contributed by atoms with E-state index in [9.17, 15) is 9.59 Å². The van der Waals surface area contributed by atoms with Gasteiger partial charge in [-0.05, 0) is 55.7 Å². The molecule has 0 spiro atoms. The molecule has 0 radical (unpaired) electrons. The van der Waals surface area contributed by atoms with Crippen molar-refractivity contribution in [1.82, 2.24) is 5.43 Å². The van der Waals surface area contributed by atoms with Crippen LogP contribution in [0.15, 0.2) is 65.8 Å². The number of benzene rings is 2. The van der Waals surface area contributed by atoms with Gasteiger partial charge in [0.25, 0.3) is 5.91 Å². The zero-order chi connectivity index (χ0) is 20.5. The minimum atomic E-state index is -0.289. The molecule has 0 aromatic heterocycles. The molecule has 5 heteroatoms. The lowest BCUT2D eigenvalue weighted by molar-refractivity contribution is -0.120. The largest absolute Gasteiger partial charge is 0.326 e. The summed E-state index contributed by atoms with van der Waals surface area (Å²) in [5, 5.41) is 7.06. The van der Waals surface area contributed by atoms with E-state index in [0.717, 1.165) is 31.2 Å². The van der Waals surface area contributed by atoms with Gasteiger partial charge in [-0.1, -0.05) is 55.7 Å². The second kappa shape index (κ2) is 10.4. The van der Waals surface area contributed by atoms with E-state index in [1.807, 2.05) is 49.4 Å². The third kappa shape index (κ3) is 6.42. The minimum Gasteiger partial charge on any atom is -0.326 e. The highest BCUT2D eigenvalue weighted by atomic mass is 16.2. The highest BCUT2D eigenvalue weighted by Crippen LogP contribution is 2.25. The fraction of sp³-hybridized carbons (Fsp3) is 0.292. The Morgan fingerprint density at radius 1 is 0.966 bits per heavy atom. The highest BCUT2D eigenvalue weighted by Gasteiger charge is 2.21. The summed E-state index contributed by atoms with van der Waals surface area (Å²) in [5.74, 6) is -0.108. The van der Waals surface area contributed by atoms with Crippen LogP contribution in [0.1, 0.15) is 54.9 Å². The fourth-order valence-electron chi connectivity index (χ4n) is 3.34. The molecular weight excluding hydrogens is 362 g/mol. The number of rotatable bonds is 6. The molecule has 5 nitrogen and oxygen atoms in total. The third-order valence-corrected chi connectivity index (χ3v) is 5.04. The molecule has 1 aliphatic rings. The molecule has 0 heterocycles. The number of carbonyl (C=O) groups excluding carboxylic acids is 2. The van der Waals surface area contributed by atoms with E-state index >= 15 is 0 Å².